The highest BCUT2D eigenvalue weighted by atomic mass is 32.1. The molecule has 2 heterocycles. The molecule has 1 N–H and O–H groups in total. The van der Waals surface area contributed by atoms with E-state index in [1.807, 2.05) is 0 Å². The lowest BCUT2D eigenvalue weighted by Crippen LogP contribution is -2.24. The number of rotatable bonds is 2. The number of amides is 1. The standard InChI is InChI=1S/C12H11NO3S/c14-11-4-2-6-13(11)5-1-3-9-7-10(12(15)16)17-8-9/h7-8H,2,4-6H2,(H,15,16). The third-order valence-corrected chi connectivity index (χ3v) is 3.40. The first-order valence-electron chi connectivity index (χ1n) is 5.25. The van der Waals surface area contributed by atoms with E-state index < -0.39 is 5.97 Å². The number of hydrogen-bond donors (Lipinski definition) is 1. The summed E-state index contributed by atoms with van der Waals surface area (Å²) in [5.74, 6) is 4.98. The van der Waals surface area contributed by atoms with E-state index in [0.717, 1.165) is 24.3 Å². The number of carboxylic acid groups (broad SMARTS) is 1. The number of aromatic carboxylic acids is 1. The normalized spacial score (nSPS) is 14.6. The molecule has 1 aliphatic rings. The van der Waals surface area contributed by atoms with Crippen LogP contribution >= 0.6 is 11.3 Å². The van der Waals surface area contributed by atoms with Gasteiger partial charge in [0.25, 0.3) is 0 Å². The van der Waals surface area contributed by atoms with Crippen molar-refractivity contribution in [3.05, 3.63) is 21.9 Å². The Labute approximate surface area is 103 Å². The van der Waals surface area contributed by atoms with Gasteiger partial charge in [0.1, 0.15) is 4.88 Å². The first kappa shape index (κ1) is 11.7. The van der Waals surface area contributed by atoms with E-state index in [1.165, 1.54) is 0 Å². The molecule has 1 aliphatic heterocycles. The summed E-state index contributed by atoms with van der Waals surface area (Å²) < 4.78 is 0. The lowest BCUT2D eigenvalue weighted by Gasteiger charge is -2.09. The summed E-state index contributed by atoms with van der Waals surface area (Å²) in [4.78, 5) is 23.9. The summed E-state index contributed by atoms with van der Waals surface area (Å²) in [7, 11) is 0. The molecule has 1 fully saturated rings. The van der Waals surface area contributed by atoms with Crippen LogP contribution in [0.4, 0.5) is 0 Å². The molecule has 17 heavy (non-hydrogen) atoms. The second kappa shape index (κ2) is 5.02. The van der Waals surface area contributed by atoms with Crippen LogP contribution in [0.1, 0.15) is 28.1 Å². The molecule has 0 bridgehead atoms. The Morgan fingerprint density at radius 2 is 2.41 bits per heavy atom. The minimum absolute atomic E-state index is 0.149. The topological polar surface area (TPSA) is 57.6 Å². The van der Waals surface area contributed by atoms with Gasteiger partial charge in [0.15, 0.2) is 0 Å². The van der Waals surface area contributed by atoms with E-state index in [2.05, 4.69) is 11.8 Å². The molecule has 1 aromatic heterocycles. The Bertz CT molecular complexity index is 509. The second-order valence-corrected chi connectivity index (χ2v) is 4.64. The number of hydrogen-bond acceptors (Lipinski definition) is 3. The Kier molecular flexibility index (Phi) is 3.45. The number of carbonyl (C=O) groups excluding carboxylic acids is 1. The fourth-order valence-electron chi connectivity index (χ4n) is 1.62. The van der Waals surface area contributed by atoms with Crippen LogP contribution in [-0.4, -0.2) is 35.0 Å². The van der Waals surface area contributed by atoms with Crippen molar-refractivity contribution in [3.63, 3.8) is 0 Å². The van der Waals surface area contributed by atoms with Crippen LogP contribution in [-0.2, 0) is 4.79 Å². The van der Waals surface area contributed by atoms with Crippen molar-refractivity contribution >= 4 is 23.2 Å². The molecule has 0 saturated carbocycles. The maximum absolute atomic E-state index is 11.3. The van der Waals surface area contributed by atoms with Gasteiger partial charge in [0, 0.05) is 23.9 Å². The van der Waals surface area contributed by atoms with Crippen molar-refractivity contribution in [2.24, 2.45) is 0 Å². The van der Waals surface area contributed by atoms with Crippen LogP contribution in [0.3, 0.4) is 0 Å². The fourth-order valence-corrected chi connectivity index (χ4v) is 2.30. The molecule has 0 atom stereocenters. The molecule has 0 spiro atoms. The monoisotopic (exact) mass is 249 g/mol. The second-order valence-electron chi connectivity index (χ2n) is 3.73. The molecule has 0 aliphatic carbocycles. The molecular formula is C12H11NO3S. The number of likely N-dealkylation sites (tertiary alicyclic amines) is 1. The molecule has 0 unspecified atom stereocenters. The molecule has 0 aromatic carbocycles. The molecule has 88 valence electrons. The van der Waals surface area contributed by atoms with Gasteiger partial charge < -0.3 is 10.0 Å². The number of thiophene rings is 1. The van der Waals surface area contributed by atoms with Gasteiger partial charge in [-0.2, -0.15) is 0 Å². The Hall–Kier alpha value is -1.80. The molecule has 5 heteroatoms. The van der Waals surface area contributed by atoms with E-state index in [-0.39, 0.29) is 10.8 Å². The predicted molar refractivity (Wildman–Crippen MR) is 64.0 cm³/mol. The Balaban J connectivity index is 1.96. The summed E-state index contributed by atoms with van der Waals surface area (Å²) in [5, 5.41) is 10.5. The van der Waals surface area contributed by atoms with Gasteiger partial charge in [-0.1, -0.05) is 11.8 Å². The lowest BCUT2D eigenvalue weighted by molar-refractivity contribution is -0.127. The Morgan fingerprint density at radius 3 is 3.00 bits per heavy atom. The number of nitrogens with zero attached hydrogens (tertiary/aromatic N) is 1. The molecule has 2 rings (SSSR count). The van der Waals surface area contributed by atoms with E-state index >= 15 is 0 Å². The van der Waals surface area contributed by atoms with Gasteiger partial charge in [-0.15, -0.1) is 11.3 Å². The highest BCUT2D eigenvalue weighted by molar-refractivity contribution is 7.12. The molecule has 1 amide bonds. The van der Waals surface area contributed by atoms with Gasteiger partial charge >= 0.3 is 5.97 Å². The first-order chi connectivity index (χ1) is 8.16. The van der Waals surface area contributed by atoms with Gasteiger partial charge in [-0.25, -0.2) is 4.79 Å². The summed E-state index contributed by atoms with van der Waals surface area (Å²) in [6, 6.07) is 1.55. The van der Waals surface area contributed by atoms with Crippen molar-refractivity contribution in [2.45, 2.75) is 12.8 Å². The third kappa shape index (κ3) is 2.86. The summed E-state index contributed by atoms with van der Waals surface area (Å²) in [5.41, 5.74) is 0.694. The zero-order valence-electron chi connectivity index (χ0n) is 9.10. The maximum atomic E-state index is 11.3. The van der Waals surface area contributed by atoms with Crippen molar-refractivity contribution in [2.75, 3.05) is 13.1 Å². The maximum Gasteiger partial charge on any atom is 0.345 e. The predicted octanol–water partition coefficient (Wildman–Crippen LogP) is 1.42. The highest BCUT2D eigenvalue weighted by Crippen LogP contribution is 2.13. The van der Waals surface area contributed by atoms with Crippen molar-refractivity contribution in [3.8, 4) is 11.8 Å². The molecule has 1 aromatic rings. The number of carboxylic acids is 1. The minimum atomic E-state index is -0.933. The summed E-state index contributed by atoms with van der Waals surface area (Å²) in [6.45, 7) is 1.20. The van der Waals surface area contributed by atoms with Crippen molar-refractivity contribution in [1.29, 1.82) is 0 Å². The summed E-state index contributed by atoms with van der Waals surface area (Å²) in [6.07, 6.45) is 1.52. The smallest absolute Gasteiger partial charge is 0.345 e. The van der Waals surface area contributed by atoms with E-state index in [4.69, 9.17) is 5.11 Å². The van der Waals surface area contributed by atoms with E-state index in [1.54, 1.807) is 16.3 Å². The number of carbonyl (C=O) groups is 2. The van der Waals surface area contributed by atoms with Crippen LogP contribution in [0.2, 0.25) is 0 Å². The van der Waals surface area contributed by atoms with Crippen LogP contribution in [0.5, 0.6) is 0 Å². The highest BCUT2D eigenvalue weighted by Gasteiger charge is 2.18. The van der Waals surface area contributed by atoms with Gasteiger partial charge in [-0.05, 0) is 12.5 Å². The van der Waals surface area contributed by atoms with Gasteiger partial charge in [0.05, 0.1) is 6.54 Å². The lowest BCUT2D eigenvalue weighted by atomic mass is 10.3. The van der Waals surface area contributed by atoms with Crippen molar-refractivity contribution in [1.82, 2.24) is 4.90 Å². The third-order valence-electron chi connectivity index (χ3n) is 2.48. The SMILES string of the molecule is O=C(O)c1cc(C#CCN2CCCC2=O)cs1. The molecule has 0 radical (unpaired) electrons. The zero-order valence-corrected chi connectivity index (χ0v) is 9.92. The fraction of sp³-hybridized carbons (Fsp3) is 0.333. The molecule has 4 nitrogen and oxygen atoms in total. The quantitative estimate of drug-likeness (QED) is 0.806. The van der Waals surface area contributed by atoms with Crippen LogP contribution < -0.4 is 0 Å². The van der Waals surface area contributed by atoms with Gasteiger partial charge in [0.2, 0.25) is 5.91 Å². The average molecular weight is 249 g/mol. The van der Waals surface area contributed by atoms with Crippen LogP contribution in [0, 0.1) is 11.8 Å². The van der Waals surface area contributed by atoms with E-state index in [0.29, 0.717) is 18.5 Å². The van der Waals surface area contributed by atoms with Crippen LogP contribution in [0.25, 0.3) is 0 Å². The Morgan fingerprint density at radius 1 is 1.59 bits per heavy atom. The average Bonchev–Trinajstić information content (AvgIpc) is 2.89. The largest absolute Gasteiger partial charge is 0.477 e. The van der Waals surface area contributed by atoms with E-state index in [9.17, 15) is 9.59 Å². The van der Waals surface area contributed by atoms with Crippen molar-refractivity contribution < 1.29 is 14.7 Å². The summed E-state index contributed by atoms with van der Waals surface area (Å²) >= 11 is 1.16. The molecule has 1 saturated heterocycles. The molecular weight excluding hydrogens is 238 g/mol. The first-order valence-corrected chi connectivity index (χ1v) is 6.13. The minimum Gasteiger partial charge on any atom is -0.477 e. The van der Waals surface area contributed by atoms with Crippen LogP contribution in [0.15, 0.2) is 11.4 Å². The van der Waals surface area contributed by atoms with Gasteiger partial charge in [-0.3, -0.25) is 4.79 Å². The zero-order chi connectivity index (χ0) is 12.3.